The van der Waals surface area contributed by atoms with Crippen LogP contribution in [0, 0.1) is 34.5 Å². The van der Waals surface area contributed by atoms with Crippen LogP contribution in [0.4, 0.5) is 0 Å². The number of nitrogens with zero attached hydrogens (tertiary/aromatic N) is 1. The highest BCUT2D eigenvalue weighted by molar-refractivity contribution is 6.04. The molecule has 7 heteroatoms. The second kappa shape index (κ2) is 7.96. The normalized spacial score (nSPS) is 40.6. The summed E-state index contributed by atoms with van der Waals surface area (Å²) >= 11 is 0. The number of para-hydroxylation sites is 1. The molecule has 0 radical (unpaired) electrons. The van der Waals surface area contributed by atoms with Crippen molar-refractivity contribution in [2.45, 2.75) is 71.6 Å². The van der Waals surface area contributed by atoms with Crippen molar-refractivity contribution in [3.05, 3.63) is 59.3 Å². The maximum absolute atomic E-state index is 14.8. The number of benzene rings is 1. The number of aliphatic hydroxyl groups is 1. The van der Waals surface area contributed by atoms with E-state index in [2.05, 4.69) is 20.8 Å². The number of rotatable bonds is 2. The Morgan fingerprint density at radius 2 is 1.90 bits per heavy atom. The van der Waals surface area contributed by atoms with Crippen molar-refractivity contribution in [1.29, 1.82) is 0 Å². The molecular weight excluding hydrogens is 506 g/mol. The smallest absolute Gasteiger partial charge is 0.341 e. The monoisotopic (exact) mass is 545 g/mol. The van der Waals surface area contributed by atoms with Gasteiger partial charge < -0.3 is 23.9 Å². The Hall–Kier alpha value is -2.74. The van der Waals surface area contributed by atoms with Gasteiger partial charge in [-0.1, -0.05) is 51.1 Å². The van der Waals surface area contributed by atoms with E-state index >= 15 is 0 Å². The van der Waals surface area contributed by atoms with E-state index < -0.39 is 35.0 Å². The molecule has 212 valence electrons. The van der Waals surface area contributed by atoms with Gasteiger partial charge in [-0.25, -0.2) is 4.79 Å². The van der Waals surface area contributed by atoms with E-state index in [0.717, 1.165) is 22.9 Å². The molecule has 2 saturated carbocycles. The van der Waals surface area contributed by atoms with Gasteiger partial charge in [-0.2, -0.15) is 0 Å². The zero-order valence-electron chi connectivity index (χ0n) is 24.4. The Kier molecular flexibility index (Phi) is 5.21. The fraction of sp³-hybridized carbons (Fsp3) is 0.576. The Morgan fingerprint density at radius 1 is 1.18 bits per heavy atom. The molecule has 1 N–H and O–H groups in total. The summed E-state index contributed by atoms with van der Waals surface area (Å²) in [7, 11) is 1.89. The molecule has 2 aromatic rings. The number of allylic oxidation sites excluding steroid dienone is 1. The molecule has 40 heavy (non-hydrogen) atoms. The number of carbonyl (C=O) groups excluding carboxylic acids is 2. The topological polar surface area (TPSA) is 87.0 Å². The summed E-state index contributed by atoms with van der Waals surface area (Å²) in [5.74, 6) is -1.48. The first-order chi connectivity index (χ1) is 18.7. The molecule has 7 rings (SSSR count). The van der Waals surface area contributed by atoms with Crippen LogP contribution in [0.25, 0.3) is 10.9 Å². The largest absolute Gasteiger partial charge is 0.451 e. The summed E-state index contributed by atoms with van der Waals surface area (Å²) in [4.78, 5) is 28.7. The third-order valence-corrected chi connectivity index (χ3v) is 11.0. The number of esters is 1. The lowest BCUT2D eigenvalue weighted by atomic mass is 9.59. The molecule has 1 aromatic heterocycles. The van der Waals surface area contributed by atoms with Crippen LogP contribution in [0.3, 0.4) is 0 Å². The van der Waals surface area contributed by atoms with Crippen molar-refractivity contribution >= 4 is 22.7 Å². The highest BCUT2D eigenvalue weighted by atomic mass is 16.7. The molecule has 7 nitrogen and oxygen atoms in total. The predicted molar refractivity (Wildman–Crippen MR) is 149 cm³/mol. The van der Waals surface area contributed by atoms with Crippen LogP contribution in [0.2, 0.25) is 0 Å². The quantitative estimate of drug-likeness (QED) is 0.424. The molecule has 8 atom stereocenters. The minimum atomic E-state index is -1.82. The van der Waals surface area contributed by atoms with Crippen LogP contribution in [-0.2, 0) is 26.1 Å². The molecule has 2 bridgehead atoms. The van der Waals surface area contributed by atoms with Crippen molar-refractivity contribution in [3.8, 4) is 0 Å². The average molecular weight is 546 g/mol. The van der Waals surface area contributed by atoms with E-state index in [1.807, 2.05) is 68.8 Å². The highest BCUT2D eigenvalue weighted by Crippen LogP contribution is 2.72. The van der Waals surface area contributed by atoms with E-state index in [1.54, 1.807) is 6.20 Å². The number of ether oxygens (including phenoxy) is 3. The average Bonchev–Trinajstić information content (AvgIpc) is 3.19. The van der Waals surface area contributed by atoms with Crippen LogP contribution >= 0.6 is 0 Å². The maximum Gasteiger partial charge on any atom is 0.341 e. The van der Waals surface area contributed by atoms with Gasteiger partial charge in [0, 0.05) is 30.1 Å². The predicted octanol–water partition coefficient (Wildman–Crippen LogP) is 4.97. The van der Waals surface area contributed by atoms with E-state index in [9.17, 15) is 14.7 Å². The minimum absolute atomic E-state index is 0.00643. The fourth-order valence-electron chi connectivity index (χ4n) is 8.97. The van der Waals surface area contributed by atoms with Crippen molar-refractivity contribution in [2.75, 3.05) is 6.61 Å². The lowest BCUT2D eigenvalue weighted by Crippen LogP contribution is -2.68. The second-order valence-electron chi connectivity index (χ2n) is 13.9. The number of fused-ring (bicyclic) bond motifs is 6. The Labute approximate surface area is 235 Å². The van der Waals surface area contributed by atoms with Crippen molar-refractivity contribution in [3.63, 3.8) is 0 Å². The molecule has 1 aliphatic heterocycles. The molecule has 5 aliphatic rings. The van der Waals surface area contributed by atoms with Crippen LogP contribution in [0.15, 0.2) is 53.8 Å². The second-order valence-corrected chi connectivity index (χ2v) is 13.9. The van der Waals surface area contributed by atoms with Gasteiger partial charge in [0.1, 0.15) is 6.10 Å². The molecule has 0 unspecified atom stereocenters. The lowest BCUT2D eigenvalue weighted by Gasteiger charge is -2.52. The third kappa shape index (κ3) is 3.12. The van der Waals surface area contributed by atoms with Gasteiger partial charge in [0.2, 0.25) is 0 Å². The number of aryl methyl sites for hydroxylation is 1. The van der Waals surface area contributed by atoms with Gasteiger partial charge in [-0.3, -0.25) is 4.79 Å². The number of ketones is 1. The molecule has 3 fully saturated rings. The molecule has 4 aliphatic carbocycles. The molecule has 1 spiro atoms. The summed E-state index contributed by atoms with van der Waals surface area (Å²) in [6.07, 6.45) is 4.59. The summed E-state index contributed by atoms with van der Waals surface area (Å²) in [6, 6.07) is 7.67. The third-order valence-electron chi connectivity index (χ3n) is 11.0. The van der Waals surface area contributed by atoms with Crippen LogP contribution in [-0.4, -0.2) is 51.6 Å². The van der Waals surface area contributed by atoms with Gasteiger partial charge in [-0.05, 0) is 67.6 Å². The first-order valence-electron chi connectivity index (χ1n) is 14.5. The van der Waals surface area contributed by atoms with Gasteiger partial charge in [-0.15, -0.1) is 0 Å². The summed E-state index contributed by atoms with van der Waals surface area (Å²) in [5, 5.41) is 14.0. The van der Waals surface area contributed by atoms with Crippen LogP contribution in [0.5, 0.6) is 0 Å². The zero-order valence-corrected chi connectivity index (χ0v) is 24.4. The SMILES string of the molecule is CC1=C[C@]23C(=O)[C@@H](C=C4COC(C)(C)O[C@H]4[C@]2(O)[C@H]1OC(=O)c1cn(C)c2ccccc12)[C@H]1[C@@H](C[C@H]3C)C1(C)C. The number of hydrogen-bond donors (Lipinski definition) is 1. The first-order valence-corrected chi connectivity index (χ1v) is 14.5. The Balaban J connectivity index is 1.38. The molecule has 1 aromatic carbocycles. The van der Waals surface area contributed by atoms with E-state index in [1.165, 1.54) is 0 Å². The number of aromatic nitrogens is 1. The van der Waals surface area contributed by atoms with Gasteiger partial charge in [0.05, 0.1) is 17.6 Å². The number of hydrogen-bond acceptors (Lipinski definition) is 6. The molecular formula is C33H39NO6. The summed E-state index contributed by atoms with van der Waals surface area (Å²) in [6.45, 7) is 12.3. The maximum atomic E-state index is 14.8. The van der Waals surface area contributed by atoms with E-state index in [4.69, 9.17) is 14.2 Å². The van der Waals surface area contributed by atoms with Gasteiger partial charge in [0.15, 0.2) is 23.3 Å². The molecule has 2 heterocycles. The standard InChI is InChI=1S/C33H39NO6/c1-17-14-32-18(2)12-23-25(30(23,3)4)21(26(32)35)13-19-16-38-31(5,6)40-28(19)33(32,37)27(17)39-29(36)22-15-34(7)24-11-9-8-10-20(22)24/h8-11,13-15,18,21,23,25,27-28,37H,12,16H2,1-7H3/t18-,21+,23-,25+,27+,28-,32+,33-/m1/s1. The van der Waals surface area contributed by atoms with Crippen molar-refractivity contribution in [1.82, 2.24) is 4.57 Å². The van der Waals surface area contributed by atoms with Gasteiger partial charge >= 0.3 is 5.97 Å². The summed E-state index contributed by atoms with van der Waals surface area (Å²) < 4.78 is 20.8. The molecule has 0 amide bonds. The van der Waals surface area contributed by atoms with E-state index in [-0.39, 0.29) is 35.6 Å². The van der Waals surface area contributed by atoms with E-state index in [0.29, 0.717) is 17.1 Å². The van der Waals surface area contributed by atoms with Crippen LogP contribution < -0.4 is 0 Å². The summed E-state index contributed by atoms with van der Waals surface area (Å²) in [5.41, 5.74) is -0.269. The zero-order chi connectivity index (χ0) is 28.6. The van der Waals surface area contributed by atoms with Crippen LogP contribution in [0.1, 0.15) is 58.3 Å². The number of carbonyl (C=O) groups is 2. The molecule has 1 saturated heterocycles. The fourth-order valence-corrected chi connectivity index (χ4v) is 8.97. The lowest BCUT2D eigenvalue weighted by molar-refractivity contribution is -0.302. The highest BCUT2D eigenvalue weighted by Gasteiger charge is 2.77. The number of Topliss-reactive ketones (excluding diaryl/α,β-unsaturated/α-hetero) is 1. The minimum Gasteiger partial charge on any atom is -0.451 e. The Morgan fingerprint density at radius 3 is 2.65 bits per heavy atom. The van der Waals surface area contributed by atoms with Crippen molar-refractivity contribution < 1.29 is 28.9 Å². The van der Waals surface area contributed by atoms with Crippen molar-refractivity contribution in [2.24, 2.45) is 41.5 Å². The first kappa shape index (κ1) is 26.2. The van der Waals surface area contributed by atoms with Gasteiger partial charge in [0.25, 0.3) is 0 Å². The Bertz CT molecular complexity index is 1530.